The van der Waals surface area contributed by atoms with E-state index in [9.17, 15) is 14.7 Å². The SMILES string of the molecule is Cc1c(Cl)cccc1NC(=O)NCC(C)(O)CC(=O)O. The van der Waals surface area contributed by atoms with Crippen LogP contribution in [0.5, 0.6) is 0 Å². The van der Waals surface area contributed by atoms with Crippen molar-refractivity contribution in [1.29, 1.82) is 0 Å². The second-order valence-electron chi connectivity index (χ2n) is 4.79. The van der Waals surface area contributed by atoms with Crippen molar-refractivity contribution in [2.45, 2.75) is 25.9 Å². The van der Waals surface area contributed by atoms with Crippen LogP contribution in [0.2, 0.25) is 5.02 Å². The molecular weight excluding hydrogens is 284 g/mol. The van der Waals surface area contributed by atoms with Gasteiger partial charge in [0.25, 0.3) is 0 Å². The lowest BCUT2D eigenvalue weighted by Gasteiger charge is -2.21. The molecule has 2 amide bonds. The monoisotopic (exact) mass is 300 g/mol. The summed E-state index contributed by atoms with van der Waals surface area (Å²) < 4.78 is 0. The third kappa shape index (κ3) is 5.07. The minimum Gasteiger partial charge on any atom is -0.481 e. The fourth-order valence-electron chi connectivity index (χ4n) is 1.57. The molecule has 0 aliphatic carbocycles. The number of aliphatic hydroxyl groups is 1. The van der Waals surface area contributed by atoms with E-state index in [4.69, 9.17) is 16.7 Å². The number of carbonyl (C=O) groups excluding carboxylic acids is 1. The lowest BCUT2D eigenvalue weighted by Crippen LogP contribution is -2.43. The topological polar surface area (TPSA) is 98.7 Å². The van der Waals surface area contributed by atoms with E-state index in [1.165, 1.54) is 6.92 Å². The quantitative estimate of drug-likeness (QED) is 0.668. The Bertz CT molecular complexity index is 517. The van der Waals surface area contributed by atoms with Gasteiger partial charge in [-0.25, -0.2) is 4.79 Å². The van der Waals surface area contributed by atoms with Gasteiger partial charge >= 0.3 is 12.0 Å². The summed E-state index contributed by atoms with van der Waals surface area (Å²) in [7, 11) is 0. The third-order valence-electron chi connectivity index (χ3n) is 2.68. The Morgan fingerprint density at radius 2 is 2.05 bits per heavy atom. The summed E-state index contributed by atoms with van der Waals surface area (Å²) in [5, 5.41) is 23.9. The van der Waals surface area contributed by atoms with Gasteiger partial charge in [0, 0.05) is 17.3 Å². The maximum Gasteiger partial charge on any atom is 0.319 e. The highest BCUT2D eigenvalue weighted by Crippen LogP contribution is 2.22. The molecule has 110 valence electrons. The van der Waals surface area contributed by atoms with Gasteiger partial charge in [-0.2, -0.15) is 0 Å². The van der Waals surface area contributed by atoms with Crippen molar-refractivity contribution < 1.29 is 19.8 Å². The van der Waals surface area contributed by atoms with Crippen LogP contribution in [0.3, 0.4) is 0 Å². The number of carboxylic acid groups (broad SMARTS) is 1. The molecule has 0 aliphatic heterocycles. The Morgan fingerprint density at radius 3 is 2.65 bits per heavy atom. The number of amides is 2. The summed E-state index contributed by atoms with van der Waals surface area (Å²) in [6.07, 6.45) is -0.455. The van der Waals surface area contributed by atoms with Gasteiger partial charge in [-0.1, -0.05) is 17.7 Å². The van der Waals surface area contributed by atoms with Gasteiger partial charge < -0.3 is 20.8 Å². The largest absolute Gasteiger partial charge is 0.481 e. The number of carbonyl (C=O) groups is 2. The molecule has 1 unspecified atom stereocenters. The van der Waals surface area contributed by atoms with Crippen molar-refractivity contribution in [3.05, 3.63) is 28.8 Å². The van der Waals surface area contributed by atoms with E-state index in [1.807, 2.05) is 0 Å². The summed E-state index contributed by atoms with van der Waals surface area (Å²) >= 11 is 5.93. The number of halogens is 1. The standard InChI is InChI=1S/C13H17ClN2O4/c1-8-9(14)4-3-5-10(8)16-12(19)15-7-13(2,20)6-11(17)18/h3-5,20H,6-7H2,1-2H3,(H,17,18)(H2,15,16,19). The fraction of sp³-hybridized carbons (Fsp3) is 0.385. The molecule has 0 heterocycles. The summed E-state index contributed by atoms with van der Waals surface area (Å²) in [5.74, 6) is -1.14. The molecule has 20 heavy (non-hydrogen) atoms. The van der Waals surface area contributed by atoms with E-state index in [2.05, 4.69) is 10.6 Å². The molecule has 0 fully saturated rings. The van der Waals surface area contributed by atoms with Crippen LogP contribution in [0.25, 0.3) is 0 Å². The number of hydrogen-bond acceptors (Lipinski definition) is 3. The summed E-state index contributed by atoms with van der Waals surface area (Å²) in [6.45, 7) is 2.93. The van der Waals surface area contributed by atoms with Crippen LogP contribution in [-0.2, 0) is 4.79 Å². The fourth-order valence-corrected chi connectivity index (χ4v) is 1.74. The average Bonchev–Trinajstić information content (AvgIpc) is 2.31. The summed E-state index contributed by atoms with van der Waals surface area (Å²) in [5.41, 5.74) is -0.235. The number of hydrogen-bond donors (Lipinski definition) is 4. The predicted octanol–water partition coefficient (Wildman–Crippen LogP) is 2.00. The highest BCUT2D eigenvalue weighted by Gasteiger charge is 2.24. The molecule has 1 atom stereocenters. The van der Waals surface area contributed by atoms with Crippen molar-refractivity contribution >= 4 is 29.3 Å². The second kappa shape index (κ2) is 6.58. The van der Waals surface area contributed by atoms with Gasteiger partial charge in [-0.15, -0.1) is 0 Å². The number of aliphatic carboxylic acids is 1. The van der Waals surface area contributed by atoms with E-state index in [1.54, 1.807) is 25.1 Å². The van der Waals surface area contributed by atoms with E-state index >= 15 is 0 Å². The third-order valence-corrected chi connectivity index (χ3v) is 3.09. The van der Waals surface area contributed by atoms with Crippen molar-refractivity contribution in [2.24, 2.45) is 0 Å². The average molecular weight is 301 g/mol. The van der Waals surface area contributed by atoms with Crippen molar-refractivity contribution in [3.8, 4) is 0 Å². The Morgan fingerprint density at radius 1 is 1.40 bits per heavy atom. The zero-order chi connectivity index (χ0) is 15.3. The summed E-state index contributed by atoms with van der Waals surface area (Å²) in [6, 6.07) is 4.56. The van der Waals surface area contributed by atoms with Gasteiger partial charge in [-0.3, -0.25) is 4.79 Å². The van der Waals surface area contributed by atoms with E-state index in [-0.39, 0.29) is 6.54 Å². The minimum absolute atomic E-state index is 0.176. The molecule has 1 rings (SSSR count). The number of anilines is 1. The Hall–Kier alpha value is -1.79. The number of rotatable bonds is 5. The first kappa shape index (κ1) is 16.3. The molecule has 0 spiro atoms. The highest BCUT2D eigenvalue weighted by atomic mass is 35.5. The molecule has 6 nitrogen and oxygen atoms in total. The first-order valence-corrected chi connectivity index (χ1v) is 6.33. The van der Waals surface area contributed by atoms with Crippen molar-refractivity contribution in [2.75, 3.05) is 11.9 Å². The Balaban J connectivity index is 2.56. The molecule has 4 N–H and O–H groups in total. The molecule has 0 bridgehead atoms. The van der Waals surface area contributed by atoms with Gasteiger partial charge in [0.15, 0.2) is 0 Å². The number of benzene rings is 1. The zero-order valence-electron chi connectivity index (χ0n) is 11.2. The Labute approximate surface area is 121 Å². The Kier molecular flexibility index (Phi) is 5.35. The van der Waals surface area contributed by atoms with Crippen LogP contribution in [-0.4, -0.2) is 34.4 Å². The molecular formula is C13H17ClN2O4. The van der Waals surface area contributed by atoms with Crippen molar-refractivity contribution in [1.82, 2.24) is 5.32 Å². The van der Waals surface area contributed by atoms with Crippen molar-refractivity contribution in [3.63, 3.8) is 0 Å². The normalized spacial score (nSPS) is 13.4. The van der Waals surface area contributed by atoms with Gasteiger partial charge in [0.2, 0.25) is 0 Å². The molecule has 0 radical (unpaired) electrons. The first-order valence-electron chi connectivity index (χ1n) is 5.95. The zero-order valence-corrected chi connectivity index (χ0v) is 12.0. The lowest BCUT2D eigenvalue weighted by molar-refractivity contribution is -0.141. The molecule has 1 aromatic rings. The maximum absolute atomic E-state index is 11.7. The highest BCUT2D eigenvalue weighted by molar-refractivity contribution is 6.31. The molecule has 1 aromatic carbocycles. The second-order valence-corrected chi connectivity index (χ2v) is 5.19. The molecule has 0 aromatic heterocycles. The van der Waals surface area contributed by atoms with Gasteiger partial charge in [-0.05, 0) is 31.5 Å². The van der Waals surface area contributed by atoms with Crippen LogP contribution in [0.15, 0.2) is 18.2 Å². The minimum atomic E-state index is -1.51. The van der Waals surface area contributed by atoms with Crippen LogP contribution < -0.4 is 10.6 Å². The molecule has 0 saturated carbocycles. The smallest absolute Gasteiger partial charge is 0.319 e. The number of nitrogens with one attached hydrogen (secondary N) is 2. The van der Waals surface area contributed by atoms with Crippen LogP contribution in [0, 0.1) is 6.92 Å². The van der Waals surface area contributed by atoms with Crippen LogP contribution in [0.4, 0.5) is 10.5 Å². The number of urea groups is 1. The van der Waals surface area contributed by atoms with E-state index in [0.717, 1.165) is 5.56 Å². The van der Waals surface area contributed by atoms with E-state index in [0.29, 0.717) is 10.7 Å². The molecule has 0 saturated heterocycles. The van der Waals surface area contributed by atoms with Gasteiger partial charge in [0.1, 0.15) is 0 Å². The van der Waals surface area contributed by atoms with Gasteiger partial charge in [0.05, 0.1) is 12.0 Å². The maximum atomic E-state index is 11.7. The first-order chi connectivity index (χ1) is 9.21. The lowest BCUT2D eigenvalue weighted by atomic mass is 10.0. The number of carboxylic acids is 1. The summed E-state index contributed by atoms with van der Waals surface area (Å²) in [4.78, 5) is 22.2. The van der Waals surface area contributed by atoms with E-state index < -0.39 is 24.0 Å². The van der Waals surface area contributed by atoms with Crippen LogP contribution in [0.1, 0.15) is 18.9 Å². The molecule has 7 heteroatoms. The van der Waals surface area contributed by atoms with Crippen LogP contribution >= 0.6 is 11.6 Å². The molecule has 0 aliphatic rings. The predicted molar refractivity (Wildman–Crippen MR) is 76.1 cm³/mol.